The molecular formula is C25H22N2O3. The highest BCUT2D eigenvalue weighted by molar-refractivity contribution is 5.97. The molecule has 1 aromatic heterocycles. The molecule has 4 aromatic rings. The van der Waals surface area contributed by atoms with Crippen molar-refractivity contribution in [3.05, 3.63) is 90.1 Å². The minimum atomic E-state index is -0.244. The summed E-state index contributed by atoms with van der Waals surface area (Å²) in [4.78, 5) is 16.8. The van der Waals surface area contributed by atoms with Gasteiger partial charge in [-0.2, -0.15) is 0 Å². The number of rotatable bonds is 6. The molecule has 0 spiro atoms. The molecule has 30 heavy (non-hydrogen) atoms. The van der Waals surface area contributed by atoms with Crippen molar-refractivity contribution < 1.29 is 15.0 Å². The Hall–Kier alpha value is -3.86. The third-order valence-electron chi connectivity index (χ3n) is 4.97. The molecule has 0 radical (unpaired) electrons. The molecule has 1 heterocycles. The first-order valence-electron chi connectivity index (χ1n) is 9.84. The number of aromatic hydroxyl groups is 2. The maximum atomic E-state index is 12.6. The molecule has 0 saturated carbocycles. The lowest BCUT2D eigenvalue weighted by Crippen LogP contribution is -2.24. The van der Waals surface area contributed by atoms with Crippen LogP contribution in [0.4, 0.5) is 0 Å². The Bertz CT molecular complexity index is 1190. The van der Waals surface area contributed by atoms with Crippen molar-refractivity contribution >= 4 is 16.8 Å². The predicted molar refractivity (Wildman–Crippen MR) is 118 cm³/mol. The van der Waals surface area contributed by atoms with Crippen LogP contribution >= 0.6 is 0 Å². The molecule has 0 saturated heterocycles. The molecule has 4 rings (SSSR count). The van der Waals surface area contributed by atoms with Gasteiger partial charge in [0.15, 0.2) is 0 Å². The molecule has 3 N–H and O–H groups in total. The highest BCUT2D eigenvalue weighted by atomic mass is 16.3. The average Bonchev–Trinajstić information content (AvgIpc) is 2.77. The van der Waals surface area contributed by atoms with Crippen LogP contribution in [0.1, 0.15) is 22.3 Å². The summed E-state index contributed by atoms with van der Waals surface area (Å²) in [5.41, 5.74) is 3.46. The largest absolute Gasteiger partial charge is 0.508 e. The lowest BCUT2D eigenvalue weighted by molar-refractivity contribution is 0.0953. The fourth-order valence-corrected chi connectivity index (χ4v) is 3.49. The molecule has 0 unspecified atom stereocenters. The van der Waals surface area contributed by atoms with Crippen molar-refractivity contribution in [3.63, 3.8) is 0 Å². The number of aryl methyl sites for hydroxylation is 1. The van der Waals surface area contributed by atoms with Crippen LogP contribution in [-0.4, -0.2) is 27.6 Å². The van der Waals surface area contributed by atoms with Crippen molar-refractivity contribution in [2.45, 2.75) is 12.8 Å². The zero-order valence-electron chi connectivity index (χ0n) is 16.4. The number of fused-ring (bicyclic) bond motifs is 1. The van der Waals surface area contributed by atoms with E-state index in [1.807, 2.05) is 30.3 Å². The SMILES string of the molecule is O=C(NCCCc1ccccc1)c1cc(O)cc(-c2cc(O)c3ncccc3c2)c1. The Kier molecular flexibility index (Phi) is 5.61. The number of hydrogen-bond donors (Lipinski definition) is 3. The summed E-state index contributed by atoms with van der Waals surface area (Å²) in [5, 5.41) is 24.1. The Morgan fingerprint density at radius 3 is 2.53 bits per heavy atom. The number of hydrogen-bond acceptors (Lipinski definition) is 4. The molecule has 1 amide bonds. The van der Waals surface area contributed by atoms with Gasteiger partial charge in [0, 0.05) is 23.7 Å². The molecule has 3 aromatic carbocycles. The molecule has 0 atom stereocenters. The second kappa shape index (κ2) is 8.66. The first kappa shape index (κ1) is 19.5. The number of phenols is 2. The summed E-state index contributed by atoms with van der Waals surface area (Å²) in [7, 11) is 0. The number of nitrogens with zero attached hydrogens (tertiary/aromatic N) is 1. The molecule has 0 aliphatic carbocycles. The monoisotopic (exact) mass is 398 g/mol. The van der Waals surface area contributed by atoms with Crippen LogP contribution in [0.2, 0.25) is 0 Å². The summed E-state index contributed by atoms with van der Waals surface area (Å²) in [6.07, 6.45) is 3.33. The second-order valence-electron chi connectivity index (χ2n) is 7.18. The van der Waals surface area contributed by atoms with Gasteiger partial charge in [-0.3, -0.25) is 9.78 Å². The predicted octanol–water partition coefficient (Wildman–Crippen LogP) is 4.68. The highest BCUT2D eigenvalue weighted by Gasteiger charge is 2.12. The van der Waals surface area contributed by atoms with E-state index in [0.717, 1.165) is 18.2 Å². The van der Waals surface area contributed by atoms with Crippen LogP contribution in [0.15, 0.2) is 79.0 Å². The first-order chi connectivity index (χ1) is 14.6. The molecule has 5 nitrogen and oxygen atoms in total. The van der Waals surface area contributed by atoms with E-state index in [1.165, 1.54) is 11.6 Å². The highest BCUT2D eigenvalue weighted by Crippen LogP contribution is 2.32. The minimum absolute atomic E-state index is 0.00675. The maximum absolute atomic E-state index is 12.6. The van der Waals surface area contributed by atoms with Crippen molar-refractivity contribution in [1.82, 2.24) is 10.3 Å². The summed E-state index contributed by atoms with van der Waals surface area (Å²) in [6.45, 7) is 0.543. The Morgan fingerprint density at radius 2 is 1.70 bits per heavy atom. The number of benzene rings is 3. The topological polar surface area (TPSA) is 82.5 Å². The normalized spacial score (nSPS) is 10.8. The number of carbonyl (C=O) groups excluding carboxylic acids is 1. The van der Waals surface area contributed by atoms with Gasteiger partial charge in [0.2, 0.25) is 0 Å². The van der Waals surface area contributed by atoms with E-state index in [9.17, 15) is 15.0 Å². The van der Waals surface area contributed by atoms with Crippen molar-refractivity contribution in [2.24, 2.45) is 0 Å². The fourth-order valence-electron chi connectivity index (χ4n) is 3.49. The Labute approximate surface area is 174 Å². The minimum Gasteiger partial charge on any atom is -0.508 e. The van der Waals surface area contributed by atoms with Crippen LogP contribution < -0.4 is 5.32 Å². The van der Waals surface area contributed by atoms with Gasteiger partial charge >= 0.3 is 0 Å². The van der Waals surface area contributed by atoms with E-state index < -0.39 is 0 Å². The van der Waals surface area contributed by atoms with E-state index in [-0.39, 0.29) is 17.4 Å². The standard InChI is InChI=1S/C25H22N2O3/c28-22-14-19(20-12-18-9-5-10-26-24(18)23(29)16-20)13-21(15-22)25(30)27-11-4-8-17-6-2-1-3-7-17/h1-3,5-7,9-10,12-16,28-29H,4,8,11H2,(H,27,30). The molecule has 0 fully saturated rings. The molecule has 5 heteroatoms. The summed E-state index contributed by atoms with van der Waals surface area (Å²) in [5.74, 6) is -0.196. The van der Waals surface area contributed by atoms with Crippen LogP contribution in [0.5, 0.6) is 11.5 Å². The number of aromatic nitrogens is 1. The van der Waals surface area contributed by atoms with Gasteiger partial charge in [-0.15, -0.1) is 0 Å². The maximum Gasteiger partial charge on any atom is 0.251 e. The third kappa shape index (κ3) is 4.41. The smallest absolute Gasteiger partial charge is 0.251 e. The molecule has 0 aliphatic heterocycles. The number of pyridine rings is 1. The van der Waals surface area contributed by atoms with Gasteiger partial charge in [-0.1, -0.05) is 36.4 Å². The first-order valence-corrected chi connectivity index (χ1v) is 9.84. The van der Waals surface area contributed by atoms with Crippen molar-refractivity contribution in [3.8, 4) is 22.6 Å². The van der Waals surface area contributed by atoms with Gasteiger partial charge < -0.3 is 15.5 Å². The van der Waals surface area contributed by atoms with E-state index in [2.05, 4.69) is 22.4 Å². The number of amides is 1. The second-order valence-corrected chi connectivity index (χ2v) is 7.18. The van der Waals surface area contributed by atoms with E-state index in [0.29, 0.717) is 28.8 Å². The zero-order valence-corrected chi connectivity index (χ0v) is 16.4. The lowest BCUT2D eigenvalue weighted by Gasteiger charge is -2.10. The van der Waals surface area contributed by atoms with Crippen molar-refractivity contribution in [2.75, 3.05) is 6.54 Å². The molecular weight excluding hydrogens is 376 g/mol. The Balaban J connectivity index is 1.49. The molecule has 0 aliphatic rings. The van der Waals surface area contributed by atoms with Crippen LogP contribution in [0, 0.1) is 0 Å². The third-order valence-corrected chi connectivity index (χ3v) is 4.97. The van der Waals surface area contributed by atoms with E-state index >= 15 is 0 Å². The van der Waals surface area contributed by atoms with Crippen LogP contribution in [0.3, 0.4) is 0 Å². The van der Waals surface area contributed by atoms with Gasteiger partial charge in [0.1, 0.15) is 17.0 Å². The summed E-state index contributed by atoms with van der Waals surface area (Å²) >= 11 is 0. The quantitative estimate of drug-likeness (QED) is 0.412. The fraction of sp³-hybridized carbons (Fsp3) is 0.120. The summed E-state index contributed by atoms with van der Waals surface area (Å²) < 4.78 is 0. The number of carbonyl (C=O) groups is 1. The average molecular weight is 398 g/mol. The lowest BCUT2D eigenvalue weighted by atomic mass is 10.00. The number of nitrogens with one attached hydrogen (secondary N) is 1. The molecule has 150 valence electrons. The Morgan fingerprint density at radius 1 is 0.900 bits per heavy atom. The van der Waals surface area contributed by atoms with Gasteiger partial charge in [-0.25, -0.2) is 0 Å². The van der Waals surface area contributed by atoms with Gasteiger partial charge in [0.25, 0.3) is 5.91 Å². The van der Waals surface area contributed by atoms with Gasteiger partial charge in [0.05, 0.1) is 0 Å². The number of phenolic OH excluding ortho intramolecular Hbond substituents is 2. The molecule has 0 bridgehead atoms. The van der Waals surface area contributed by atoms with Crippen LogP contribution in [0.25, 0.3) is 22.0 Å². The summed E-state index contributed by atoms with van der Waals surface area (Å²) in [6, 6.07) is 22.0. The van der Waals surface area contributed by atoms with E-state index in [4.69, 9.17) is 0 Å². The zero-order chi connectivity index (χ0) is 20.9. The van der Waals surface area contributed by atoms with E-state index in [1.54, 1.807) is 30.5 Å². The van der Waals surface area contributed by atoms with Crippen molar-refractivity contribution in [1.29, 1.82) is 0 Å². The van der Waals surface area contributed by atoms with Crippen LogP contribution in [-0.2, 0) is 6.42 Å². The van der Waals surface area contributed by atoms with Gasteiger partial charge in [-0.05, 0) is 65.9 Å².